The Hall–Kier alpha value is -2.95. The van der Waals surface area contributed by atoms with Gasteiger partial charge < -0.3 is 9.80 Å². The van der Waals surface area contributed by atoms with E-state index in [0.717, 1.165) is 96.7 Å². The van der Waals surface area contributed by atoms with Crippen molar-refractivity contribution in [2.75, 3.05) is 19.6 Å². The molecule has 0 N–H and O–H groups in total. The summed E-state index contributed by atoms with van der Waals surface area (Å²) in [4.78, 5) is 39.5. The number of hydrogen-bond donors (Lipinski definition) is 0. The molecule has 0 saturated carbocycles. The van der Waals surface area contributed by atoms with Gasteiger partial charge >= 0.3 is 0 Å². The quantitative estimate of drug-likeness (QED) is 0.128. The van der Waals surface area contributed by atoms with E-state index in [4.69, 9.17) is 0 Å². The molecule has 2 aromatic carbocycles. The summed E-state index contributed by atoms with van der Waals surface area (Å²) in [5.74, 6) is -0.459. The van der Waals surface area contributed by atoms with Crippen LogP contribution in [0.1, 0.15) is 102 Å². The zero-order valence-electron chi connectivity index (χ0n) is 26.4. The summed E-state index contributed by atoms with van der Waals surface area (Å²) in [5.41, 5.74) is 3.70. The van der Waals surface area contributed by atoms with E-state index in [2.05, 4.69) is 61.5 Å². The molecule has 0 radical (unpaired) electrons. The molecule has 0 spiro atoms. The van der Waals surface area contributed by atoms with Crippen LogP contribution in [0.15, 0.2) is 54.6 Å². The topological polar surface area (TPSA) is 57.7 Å². The molecule has 1 atom stereocenters. The zero-order valence-corrected chi connectivity index (χ0v) is 26.4. The van der Waals surface area contributed by atoms with Crippen molar-refractivity contribution in [1.29, 1.82) is 0 Å². The Morgan fingerprint density at radius 3 is 2.10 bits per heavy atom. The SMILES string of the molecule is CCC(C)(CC)C(=O)C(=O)N1CCCCC1C.Cc1ccccc1CCCCN(C=O)CCCCc1ccccc1. The maximum atomic E-state index is 12.3. The number of ketones is 1. The lowest BCUT2D eigenvalue weighted by Crippen LogP contribution is -2.49. The predicted molar refractivity (Wildman–Crippen MR) is 170 cm³/mol. The lowest BCUT2D eigenvalue weighted by Gasteiger charge is -2.35. The van der Waals surface area contributed by atoms with Crippen LogP contribution < -0.4 is 0 Å². The van der Waals surface area contributed by atoms with Crippen LogP contribution in [-0.2, 0) is 27.2 Å². The van der Waals surface area contributed by atoms with Crippen LogP contribution >= 0.6 is 0 Å². The number of piperidine rings is 1. The van der Waals surface area contributed by atoms with E-state index in [1.165, 1.54) is 16.7 Å². The second kappa shape index (κ2) is 18.5. The van der Waals surface area contributed by atoms with Crippen LogP contribution in [0.5, 0.6) is 0 Å². The summed E-state index contributed by atoms with van der Waals surface area (Å²) in [6.07, 6.45) is 12.3. The second-order valence-corrected chi connectivity index (χ2v) is 11.9. The highest BCUT2D eigenvalue weighted by molar-refractivity contribution is 6.38. The normalized spacial score (nSPS) is 15.0. The number of benzene rings is 2. The van der Waals surface area contributed by atoms with Gasteiger partial charge in [-0.05, 0) is 101 Å². The molecule has 1 aliphatic rings. The maximum absolute atomic E-state index is 12.3. The second-order valence-electron chi connectivity index (χ2n) is 11.9. The van der Waals surface area contributed by atoms with Crippen LogP contribution in [0.3, 0.4) is 0 Å². The number of carbonyl (C=O) groups is 3. The van der Waals surface area contributed by atoms with Crippen molar-refractivity contribution in [3.63, 3.8) is 0 Å². The summed E-state index contributed by atoms with van der Waals surface area (Å²) >= 11 is 0. The molecular weight excluding hydrogens is 508 g/mol. The minimum Gasteiger partial charge on any atom is -0.345 e. The molecule has 2 aromatic rings. The molecule has 226 valence electrons. The van der Waals surface area contributed by atoms with E-state index in [1.54, 1.807) is 4.90 Å². The van der Waals surface area contributed by atoms with Gasteiger partial charge in [-0.1, -0.05) is 75.4 Å². The van der Waals surface area contributed by atoms with Crippen LogP contribution in [0.4, 0.5) is 0 Å². The van der Waals surface area contributed by atoms with Gasteiger partial charge in [0.15, 0.2) is 0 Å². The smallest absolute Gasteiger partial charge is 0.290 e. The number of carbonyl (C=O) groups excluding carboxylic acids is 3. The van der Waals surface area contributed by atoms with Crippen molar-refractivity contribution < 1.29 is 14.4 Å². The molecule has 1 fully saturated rings. The predicted octanol–water partition coefficient (Wildman–Crippen LogP) is 7.58. The number of unbranched alkanes of at least 4 members (excludes halogenated alkanes) is 2. The number of likely N-dealkylation sites (tertiary alicyclic amines) is 1. The molecule has 5 heteroatoms. The number of hydrogen-bond acceptors (Lipinski definition) is 3. The minimum atomic E-state index is -0.478. The first-order valence-electron chi connectivity index (χ1n) is 15.9. The van der Waals surface area contributed by atoms with E-state index in [9.17, 15) is 14.4 Å². The van der Waals surface area contributed by atoms with Gasteiger partial charge in [-0.25, -0.2) is 0 Å². The highest BCUT2D eigenvalue weighted by atomic mass is 16.2. The van der Waals surface area contributed by atoms with Crippen molar-refractivity contribution in [3.05, 3.63) is 71.3 Å². The first-order chi connectivity index (χ1) is 19.8. The Morgan fingerprint density at radius 1 is 0.902 bits per heavy atom. The molecule has 3 rings (SSSR count). The van der Waals surface area contributed by atoms with Gasteiger partial charge in [-0.3, -0.25) is 14.4 Å². The average molecular weight is 563 g/mol. The third-order valence-corrected chi connectivity index (χ3v) is 8.92. The summed E-state index contributed by atoms with van der Waals surface area (Å²) < 4.78 is 0. The standard InChI is InChI=1S/C22H29NO.C14H25NO2/c1-20-11-5-6-15-22(20)16-8-10-18-23(19-24)17-9-7-14-21-12-3-2-4-13-21;1-5-14(4,6-2)12(16)13(17)15-10-8-7-9-11(15)3/h2-6,11-13,15,19H,7-10,14,16-18H2,1H3;11H,5-10H2,1-4H3. The van der Waals surface area contributed by atoms with E-state index < -0.39 is 5.41 Å². The Kier molecular flexibility index (Phi) is 15.4. The monoisotopic (exact) mass is 562 g/mol. The molecule has 0 bridgehead atoms. The number of Topliss-reactive ketones (excluding diaryl/α,β-unsaturated/α-hetero) is 1. The number of aryl methyl sites for hydroxylation is 3. The molecule has 5 nitrogen and oxygen atoms in total. The van der Waals surface area contributed by atoms with Gasteiger partial charge in [0.25, 0.3) is 5.91 Å². The van der Waals surface area contributed by atoms with Crippen molar-refractivity contribution in [2.24, 2.45) is 5.41 Å². The van der Waals surface area contributed by atoms with Gasteiger partial charge in [-0.15, -0.1) is 0 Å². The molecule has 1 unspecified atom stereocenters. The fraction of sp³-hybridized carbons (Fsp3) is 0.583. The van der Waals surface area contributed by atoms with E-state index in [1.807, 2.05) is 32.6 Å². The zero-order chi connectivity index (χ0) is 30.1. The molecule has 41 heavy (non-hydrogen) atoms. The molecule has 2 amide bonds. The highest BCUT2D eigenvalue weighted by Crippen LogP contribution is 2.29. The van der Waals surface area contributed by atoms with Gasteiger partial charge in [0.2, 0.25) is 12.2 Å². The number of rotatable bonds is 15. The fourth-order valence-electron chi connectivity index (χ4n) is 5.39. The Bertz CT molecular complexity index is 1050. The van der Waals surface area contributed by atoms with Gasteiger partial charge in [0.1, 0.15) is 0 Å². The summed E-state index contributed by atoms with van der Waals surface area (Å²) in [6.45, 7) is 12.6. The molecule has 1 saturated heterocycles. The third kappa shape index (κ3) is 11.4. The van der Waals surface area contributed by atoms with Crippen LogP contribution in [0.25, 0.3) is 0 Å². The summed E-state index contributed by atoms with van der Waals surface area (Å²) in [5, 5.41) is 0. The van der Waals surface area contributed by atoms with Gasteiger partial charge in [0, 0.05) is 31.1 Å². The molecular formula is C36H54N2O3. The van der Waals surface area contributed by atoms with Crippen molar-refractivity contribution in [1.82, 2.24) is 9.80 Å². The van der Waals surface area contributed by atoms with Crippen molar-refractivity contribution in [2.45, 2.75) is 111 Å². The molecule has 1 aliphatic heterocycles. The first kappa shape index (κ1) is 34.3. The number of nitrogens with zero attached hydrogens (tertiary/aromatic N) is 2. The van der Waals surface area contributed by atoms with Crippen LogP contribution in [0, 0.1) is 12.3 Å². The van der Waals surface area contributed by atoms with Crippen LogP contribution in [0.2, 0.25) is 0 Å². The molecule has 0 aromatic heterocycles. The third-order valence-electron chi connectivity index (χ3n) is 8.92. The van der Waals surface area contributed by atoms with Crippen molar-refractivity contribution >= 4 is 18.1 Å². The summed E-state index contributed by atoms with van der Waals surface area (Å²) in [7, 11) is 0. The molecule has 0 aliphatic carbocycles. The summed E-state index contributed by atoms with van der Waals surface area (Å²) in [6, 6.07) is 19.3. The highest BCUT2D eigenvalue weighted by Gasteiger charge is 2.38. The largest absolute Gasteiger partial charge is 0.345 e. The Morgan fingerprint density at radius 2 is 1.51 bits per heavy atom. The van der Waals surface area contributed by atoms with E-state index >= 15 is 0 Å². The van der Waals surface area contributed by atoms with Gasteiger partial charge in [0.05, 0.1) is 0 Å². The number of amides is 2. The Balaban J connectivity index is 0.000000305. The lowest BCUT2D eigenvalue weighted by molar-refractivity contribution is -0.152. The maximum Gasteiger partial charge on any atom is 0.290 e. The average Bonchev–Trinajstić information content (AvgIpc) is 3.01. The van der Waals surface area contributed by atoms with Crippen molar-refractivity contribution in [3.8, 4) is 0 Å². The minimum absolute atomic E-state index is 0.198. The Labute approximate surface area is 249 Å². The van der Waals surface area contributed by atoms with Gasteiger partial charge in [-0.2, -0.15) is 0 Å². The van der Waals surface area contributed by atoms with E-state index in [-0.39, 0.29) is 17.7 Å². The lowest BCUT2D eigenvalue weighted by atomic mass is 9.79. The fourth-order valence-corrected chi connectivity index (χ4v) is 5.39. The van der Waals surface area contributed by atoms with Crippen LogP contribution in [-0.4, -0.2) is 53.6 Å². The first-order valence-corrected chi connectivity index (χ1v) is 15.9. The molecule has 1 heterocycles. The van der Waals surface area contributed by atoms with E-state index in [0.29, 0.717) is 0 Å².